The minimum Gasteiger partial charge on any atom is -0.494 e. The molecule has 0 bridgehead atoms. The predicted octanol–water partition coefficient (Wildman–Crippen LogP) is 3.90. The Kier molecular flexibility index (Phi) is 7.52. The molecule has 1 amide bonds. The molecule has 6 nitrogen and oxygen atoms in total. The number of nitrogens with one attached hydrogen (secondary N) is 1. The fraction of sp³-hybridized carbons (Fsp3) is 0.348. The normalized spacial score (nSPS) is 14.0. The minimum absolute atomic E-state index is 0.140. The quantitative estimate of drug-likeness (QED) is 0.615. The second-order valence-corrected chi connectivity index (χ2v) is 9.00. The summed E-state index contributed by atoms with van der Waals surface area (Å²) in [6, 6.07) is 14.9. The first-order chi connectivity index (χ1) is 14.5. The third-order valence-electron chi connectivity index (χ3n) is 4.95. The number of sulfonamides is 1. The number of hydrogen-bond donors (Lipinski definition) is 1. The van der Waals surface area contributed by atoms with Gasteiger partial charge in [-0.1, -0.05) is 29.8 Å². The Hall–Kier alpha value is -2.80. The second-order valence-electron chi connectivity index (χ2n) is 7.14. The largest absolute Gasteiger partial charge is 0.494 e. The fourth-order valence-electron chi connectivity index (χ4n) is 3.37. The number of rotatable bonds is 9. The average Bonchev–Trinajstić information content (AvgIpc) is 2.78. The van der Waals surface area contributed by atoms with Crippen molar-refractivity contribution in [3.8, 4) is 5.75 Å². The standard InChI is InChI=1S/C23H28N2O4S/c1-2-29-21-15-13-20(14-16-21)25(30(27,28)22-11-7-4-8-12-22)18-23(26)24-17-19-9-5-3-6-10-19/h4,7-9,11-16H,2-3,5-6,10,17-18H2,1H3,(H,24,26). The van der Waals surface area contributed by atoms with E-state index in [-0.39, 0.29) is 17.3 Å². The molecule has 2 aromatic carbocycles. The van der Waals surface area contributed by atoms with Gasteiger partial charge in [-0.3, -0.25) is 9.10 Å². The van der Waals surface area contributed by atoms with Gasteiger partial charge >= 0.3 is 0 Å². The van der Waals surface area contributed by atoms with Crippen molar-refractivity contribution in [2.45, 2.75) is 37.5 Å². The van der Waals surface area contributed by atoms with Crippen molar-refractivity contribution in [3.63, 3.8) is 0 Å². The number of anilines is 1. The van der Waals surface area contributed by atoms with Crippen molar-refractivity contribution in [1.82, 2.24) is 5.32 Å². The zero-order valence-corrected chi connectivity index (χ0v) is 18.0. The lowest BCUT2D eigenvalue weighted by Crippen LogP contribution is -2.41. The van der Waals surface area contributed by atoms with Crippen LogP contribution in [0, 0.1) is 0 Å². The van der Waals surface area contributed by atoms with Gasteiger partial charge in [-0.2, -0.15) is 0 Å². The molecule has 0 aliphatic heterocycles. The first-order valence-electron chi connectivity index (χ1n) is 10.3. The number of benzene rings is 2. The fourth-order valence-corrected chi connectivity index (χ4v) is 4.82. The highest BCUT2D eigenvalue weighted by atomic mass is 32.2. The lowest BCUT2D eigenvalue weighted by Gasteiger charge is -2.24. The lowest BCUT2D eigenvalue weighted by molar-refractivity contribution is -0.119. The lowest BCUT2D eigenvalue weighted by atomic mass is 10.00. The van der Waals surface area contributed by atoms with Crippen molar-refractivity contribution in [2.75, 3.05) is 24.0 Å². The Balaban J connectivity index is 1.81. The van der Waals surface area contributed by atoms with Crippen LogP contribution < -0.4 is 14.4 Å². The Morgan fingerprint density at radius 1 is 1.07 bits per heavy atom. The molecule has 1 aliphatic carbocycles. The van der Waals surface area contributed by atoms with Crippen molar-refractivity contribution < 1.29 is 17.9 Å². The molecule has 1 aliphatic rings. The Labute approximate surface area is 178 Å². The smallest absolute Gasteiger partial charge is 0.264 e. The third kappa shape index (κ3) is 5.63. The molecule has 0 heterocycles. The maximum absolute atomic E-state index is 13.3. The average molecular weight is 429 g/mol. The highest BCUT2D eigenvalue weighted by molar-refractivity contribution is 7.92. The maximum Gasteiger partial charge on any atom is 0.264 e. The zero-order chi connectivity index (χ0) is 21.4. The van der Waals surface area contributed by atoms with E-state index in [4.69, 9.17) is 4.74 Å². The minimum atomic E-state index is -3.90. The highest BCUT2D eigenvalue weighted by Gasteiger charge is 2.27. The van der Waals surface area contributed by atoms with Crippen LogP contribution in [0.3, 0.4) is 0 Å². The van der Waals surface area contributed by atoms with Crippen LogP contribution in [0.1, 0.15) is 32.6 Å². The summed E-state index contributed by atoms with van der Waals surface area (Å²) >= 11 is 0. The molecule has 0 spiro atoms. The van der Waals surface area contributed by atoms with Crippen molar-refractivity contribution in [3.05, 3.63) is 66.2 Å². The maximum atomic E-state index is 13.3. The number of amides is 1. The summed E-state index contributed by atoms with van der Waals surface area (Å²) in [5.74, 6) is 0.307. The summed E-state index contributed by atoms with van der Waals surface area (Å²) in [7, 11) is -3.90. The van der Waals surface area contributed by atoms with Crippen LogP contribution in [0.4, 0.5) is 5.69 Å². The summed E-state index contributed by atoms with van der Waals surface area (Å²) in [5, 5.41) is 2.87. The molecule has 1 N–H and O–H groups in total. The number of hydrogen-bond acceptors (Lipinski definition) is 4. The van der Waals surface area contributed by atoms with E-state index in [1.54, 1.807) is 42.5 Å². The first-order valence-corrected chi connectivity index (χ1v) is 11.7. The van der Waals surface area contributed by atoms with Gasteiger partial charge in [-0.05, 0) is 69.0 Å². The molecule has 30 heavy (non-hydrogen) atoms. The van der Waals surface area contributed by atoms with Crippen LogP contribution in [-0.4, -0.2) is 34.0 Å². The molecule has 7 heteroatoms. The SMILES string of the molecule is CCOc1ccc(N(CC(=O)NCC2=CCCCC2)S(=O)(=O)c2ccccc2)cc1. The van der Waals surface area contributed by atoms with E-state index in [0.717, 1.165) is 23.6 Å². The van der Waals surface area contributed by atoms with Crippen molar-refractivity contribution in [2.24, 2.45) is 0 Å². The number of nitrogens with zero attached hydrogens (tertiary/aromatic N) is 1. The monoisotopic (exact) mass is 428 g/mol. The van der Waals surface area contributed by atoms with Gasteiger partial charge < -0.3 is 10.1 Å². The van der Waals surface area contributed by atoms with Crippen LogP contribution in [0.5, 0.6) is 5.75 Å². The third-order valence-corrected chi connectivity index (χ3v) is 6.74. The van der Waals surface area contributed by atoms with E-state index in [1.165, 1.54) is 24.1 Å². The molecule has 0 unspecified atom stereocenters. The summed E-state index contributed by atoms with van der Waals surface area (Å²) in [6.45, 7) is 2.57. The van der Waals surface area contributed by atoms with Gasteiger partial charge in [0.25, 0.3) is 10.0 Å². The van der Waals surface area contributed by atoms with E-state index < -0.39 is 10.0 Å². The van der Waals surface area contributed by atoms with Crippen LogP contribution in [0.2, 0.25) is 0 Å². The van der Waals surface area contributed by atoms with E-state index in [2.05, 4.69) is 11.4 Å². The van der Waals surface area contributed by atoms with Gasteiger partial charge in [0.15, 0.2) is 0 Å². The Bertz CT molecular complexity index is 970. The van der Waals surface area contributed by atoms with Gasteiger partial charge in [0, 0.05) is 6.54 Å². The van der Waals surface area contributed by atoms with Crippen LogP contribution in [0.15, 0.2) is 71.1 Å². The van der Waals surface area contributed by atoms with Gasteiger partial charge in [-0.15, -0.1) is 0 Å². The molecular formula is C23H28N2O4S. The molecule has 0 aromatic heterocycles. The molecule has 2 aromatic rings. The molecule has 0 fully saturated rings. The van der Waals surface area contributed by atoms with Gasteiger partial charge in [0.05, 0.1) is 17.2 Å². The molecule has 160 valence electrons. The predicted molar refractivity (Wildman–Crippen MR) is 118 cm³/mol. The molecule has 3 rings (SSSR count). The summed E-state index contributed by atoms with van der Waals surface area (Å²) < 4.78 is 33.2. The van der Waals surface area contributed by atoms with Gasteiger partial charge in [-0.25, -0.2) is 8.42 Å². The van der Waals surface area contributed by atoms with E-state index >= 15 is 0 Å². The van der Waals surface area contributed by atoms with E-state index in [1.807, 2.05) is 6.92 Å². The summed E-state index contributed by atoms with van der Waals surface area (Å²) in [4.78, 5) is 12.8. The van der Waals surface area contributed by atoms with Crippen molar-refractivity contribution >= 4 is 21.6 Å². The molecule has 0 atom stereocenters. The van der Waals surface area contributed by atoms with Gasteiger partial charge in [0.1, 0.15) is 12.3 Å². The second kappa shape index (κ2) is 10.3. The number of carbonyl (C=O) groups is 1. The Morgan fingerprint density at radius 3 is 2.43 bits per heavy atom. The van der Waals surface area contributed by atoms with Crippen LogP contribution >= 0.6 is 0 Å². The number of ether oxygens (including phenoxy) is 1. The number of allylic oxidation sites excluding steroid dienone is 1. The molecule has 0 saturated heterocycles. The topological polar surface area (TPSA) is 75.7 Å². The van der Waals surface area contributed by atoms with Crippen LogP contribution in [0.25, 0.3) is 0 Å². The van der Waals surface area contributed by atoms with Crippen LogP contribution in [-0.2, 0) is 14.8 Å². The summed E-state index contributed by atoms with van der Waals surface area (Å²) in [6.07, 6.45) is 6.48. The molecule has 0 radical (unpaired) electrons. The van der Waals surface area contributed by atoms with E-state index in [0.29, 0.717) is 24.6 Å². The van der Waals surface area contributed by atoms with Gasteiger partial charge in [0.2, 0.25) is 5.91 Å². The summed E-state index contributed by atoms with van der Waals surface area (Å²) in [5.41, 5.74) is 1.61. The van der Waals surface area contributed by atoms with E-state index in [9.17, 15) is 13.2 Å². The zero-order valence-electron chi connectivity index (χ0n) is 17.2. The highest BCUT2D eigenvalue weighted by Crippen LogP contribution is 2.26. The first kappa shape index (κ1) is 21.9. The molecule has 0 saturated carbocycles. The number of carbonyl (C=O) groups excluding carboxylic acids is 1. The Morgan fingerprint density at radius 2 is 1.80 bits per heavy atom. The van der Waals surface area contributed by atoms with Crippen molar-refractivity contribution in [1.29, 1.82) is 0 Å². The molecular weight excluding hydrogens is 400 g/mol.